The van der Waals surface area contributed by atoms with Crippen molar-refractivity contribution >= 4 is 11.7 Å². The Morgan fingerprint density at radius 1 is 1.42 bits per heavy atom. The van der Waals surface area contributed by atoms with Crippen molar-refractivity contribution in [2.24, 2.45) is 0 Å². The summed E-state index contributed by atoms with van der Waals surface area (Å²) in [7, 11) is 1.68. The number of nitrogens with zero attached hydrogens (tertiary/aromatic N) is 2. The molecule has 4 nitrogen and oxygen atoms in total. The highest BCUT2D eigenvalue weighted by atomic mass is 19.1. The van der Waals surface area contributed by atoms with E-state index < -0.39 is 5.82 Å². The number of carbonyl (C=O) groups excluding carboxylic acids is 1. The summed E-state index contributed by atoms with van der Waals surface area (Å²) < 4.78 is 13.3. The maximum Gasteiger partial charge on any atom is 0.258 e. The molecule has 1 aliphatic heterocycles. The third kappa shape index (κ3) is 2.69. The van der Waals surface area contributed by atoms with E-state index in [4.69, 9.17) is 0 Å². The highest BCUT2D eigenvalue weighted by Gasteiger charge is 2.31. The second kappa shape index (κ2) is 5.55. The molecule has 1 fully saturated rings. The Labute approximate surface area is 113 Å². The molecule has 104 valence electrons. The van der Waals surface area contributed by atoms with Gasteiger partial charge in [-0.15, -0.1) is 0 Å². The lowest BCUT2D eigenvalue weighted by Gasteiger charge is -2.39. The molecule has 0 spiro atoms. The zero-order valence-corrected chi connectivity index (χ0v) is 11.6. The van der Waals surface area contributed by atoms with Crippen LogP contribution in [0.25, 0.3) is 0 Å². The molecule has 1 aliphatic rings. The zero-order chi connectivity index (χ0) is 14.0. The van der Waals surface area contributed by atoms with Gasteiger partial charge in [0.25, 0.3) is 5.91 Å². The standard InChI is InChI=1S/C14H20FN3O/c1-9-5-4-6-10(2)18(9)14(19)12-7-11(15)8-17-13(12)16-3/h7-10H,4-6H2,1-3H3,(H,16,17). The van der Waals surface area contributed by atoms with Gasteiger partial charge in [0.1, 0.15) is 11.6 Å². The van der Waals surface area contributed by atoms with E-state index in [-0.39, 0.29) is 18.0 Å². The third-order valence-electron chi connectivity index (χ3n) is 3.75. The van der Waals surface area contributed by atoms with Crippen LogP contribution in [-0.4, -0.2) is 34.9 Å². The molecule has 2 atom stereocenters. The van der Waals surface area contributed by atoms with Gasteiger partial charge in [-0.1, -0.05) is 0 Å². The molecule has 19 heavy (non-hydrogen) atoms. The first-order chi connectivity index (χ1) is 9.04. The lowest BCUT2D eigenvalue weighted by Crippen LogP contribution is -2.47. The predicted octanol–water partition coefficient (Wildman–Crippen LogP) is 2.67. The Morgan fingerprint density at radius 2 is 2.05 bits per heavy atom. The van der Waals surface area contributed by atoms with Crippen LogP contribution >= 0.6 is 0 Å². The van der Waals surface area contributed by atoms with Crippen LogP contribution in [0.1, 0.15) is 43.5 Å². The summed E-state index contributed by atoms with van der Waals surface area (Å²) in [6, 6.07) is 1.63. The molecule has 0 aromatic carbocycles. The topological polar surface area (TPSA) is 45.2 Å². The van der Waals surface area contributed by atoms with Gasteiger partial charge in [-0.05, 0) is 39.2 Å². The molecular formula is C14H20FN3O. The first kappa shape index (κ1) is 13.8. The number of anilines is 1. The van der Waals surface area contributed by atoms with Gasteiger partial charge in [0.05, 0.1) is 11.8 Å². The average Bonchev–Trinajstić information content (AvgIpc) is 2.38. The van der Waals surface area contributed by atoms with Gasteiger partial charge in [0.2, 0.25) is 0 Å². The normalized spacial score (nSPS) is 23.3. The number of amides is 1. The highest BCUT2D eigenvalue weighted by molar-refractivity contribution is 5.99. The molecule has 1 amide bonds. The maximum atomic E-state index is 13.3. The number of rotatable bonds is 2. The fraction of sp³-hybridized carbons (Fsp3) is 0.571. The number of nitrogens with one attached hydrogen (secondary N) is 1. The molecule has 1 saturated heterocycles. The van der Waals surface area contributed by atoms with Crippen LogP contribution in [0.2, 0.25) is 0 Å². The van der Waals surface area contributed by atoms with E-state index in [9.17, 15) is 9.18 Å². The fourth-order valence-electron chi connectivity index (χ4n) is 2.76. The van der Waals surface area contributed by atoms with E-state index in [1.165, 1.54) is 6.07 Å². The van der Waals surface area contributed by atoms with Crippen molar-refractivity contribution in [3.8, 4) is 0 Å². The minimum absolute atomic E-state index is 0.143. The van der Waals surface area contributed by atoms with E-state index in [0.717, 1.165) is 25.5 Å². The number of piperidine rings is 1. The molecule has 2 rings (SSSR count). The molecule has 2 unspecified atom stereocenters. The SMILES string of the molecule is CNc1ncc(F)cc1C(=O)N1C(C)CCCC1C. The third-order valence-corrected chi connectivity index (χ3v) is 3.75. The molecule has 0 saturated carbocycles. The maximum absolute atomic E-state index is 13.3. The van der Waals surface area contributed by atoms with Gasteiger partial charge in [0.15, 0.2) is 0 Å². The van der Waals surface area contributed by atoms with Crippen LogP contribution in [0, 0.1) is 5.82 Å². The number of carbonyl (C=O) groups is 1. The largest absolute Gasteiger partial charge is 0.372 e. The number of pyridine rings is 1. The van der Waals surface area contributed by atoms with Crippen molar-refractivity contribution in [1.29, 1.82) is 0 Å². The highest BCUT2D eigenvalue weighted by Crippen LogP contribution is 2.26. The summed E-state index contributed by atoms with van der Waals surface area (Å²) in [5.41, 5.74) is 0.308. The fourth-order valence-corrected chi connectivity index (χ4v) is 2.76. The van der Waals surface area contributed by atoms with Crippen LogP contribution in [0.3, 0.4) is 0 Å². The van der Waals surface area contributed by atoms with Crippen LogP contribution in [0.4, 0.5) is 10.2 Å². The zero-order valence-electron chi connectivity index (χ0n) is 11.6. The summed E-state index contributed by atoms with van der Waals surface area (Å²) in [5.74, 6) is -0.202. The minimum atomic E-state index is -0.486. The van der Waals surface area contributed by atoms with Gasteiger partial charge >= 0.3 is 0 Å². The lowest BCUT2D eigenvalue weighted by molar-refractivity contribution is 0.0511. The Kier molecular flexibility index (Phi) is 4.02. The van der Waals surface area contributed by atoms with E-state index in [2.05, 4.69) is 10.3 Å². The second-order valence-electron chi connectivity index (χ2n) is 5.14. The Morgan fingerprint density at radius 3 is 2.63 bits per heavy atom. The Balaban J connectivity index is 2.35. The van der Waals surface area contributed by atoms with Gasteiger partial charge in [-0.2, -0.15) is 0 Å². The smallest absolute Gasteiger partial charge is 0.258 e. The van der Waals surface area contributed by atoms with Crippen LogP contribution < -0.4 is 5.32 Å². The van der Waals surface area contributed by atoms with E-state index in [1.54, 1.807) is 7.05 Å². The van der Waals surface area contributed by atoms with Crippen LogP contribution in [-0.2, 0) is 0 Å². The molecule has 1 N–H and O–H groups in total. The van der Waals surface area contributed by atoms with Crippen molar-refractivity contribution in [3.63, 3.8) is 0 Å². The van der Waals surface area contributed by atoms with Crippen molar-refractivity contribution in [2.45, 2.75) is 45.2 Å². The van der Waals surface area contributed by atoms with Crippen LogP contribution in [0.5, 0.6) is 0 Å². The molecule has 0 radical (unpaired) electrons. The summed E-state index contributed by atoms with van der Waals surface area (Å²) >= 11 is 0. The van der Waals surface area contributed by atoms with Gasteiger partial charge in [-0.3, -0.25) is 4.79 Å². The second-order valence-corrected chi connectivity index (χ2v) is 5.14. The number of hydrogen-bond acceptors (Lipinski definition) is 3. The Bertz CT molecular complexity index is 468. The first-order valence-electron chi connectivity index (χ1n) is 6.70. The molecule has 2 heterocycles. The van der Waals surface area contributed by atoms with Crippen molar-refractivity contribution < 1.29 is 9.18 Å². The summed E-state index contributed by atoms with van der Waals surface area (Å²) in [6.07, 6.45) is 4.24. The monoisotopic (exact) mass is 265 g/mol. The molecule has 1 aromatic heterocycles. The average molecular weight is 265 g/mol. The van der Waals surface area contributed by atoms with Crippen molar-refractivity contribution in [3.05, 3.63) is 23.6 Å². The van der Waals surface area contributed by atoms with Crippen molar-refractivity contribution in [2.75, 3.05) is 12.4 Å². The Hall–Kier alpha value is -1.65. The summed E-state index contributed by atoms with van der Waals surface area (Å²) in [4.78, 5) is 18.4. The minimum Gasteiger partial charge on any atom is -0.372 e. The molecule has 1 aromatic rings. The van der Waals surface area contributed by atoms with Gasteiger partial charge in [-0.25, -0.2) is 9.37 Å². The first-order valence-corrected chi connectivity index (χ1v) is 6.70. The van der Waals surface area contributed by atoms with E-state index in [0.29, 0.717) is 11.4 Å². The van der Waals surface area contributed by atoms with Crippen LogP contribution in [0.15, 0.2) is 12.3 Å². The summed E-state index contributed by atoms with van der Waals surface area (Å²) in [6.45, 7) is 4.08. The van der Waals surface area contributed by atoms with E-state index in [1.807, 2.05) is 18.7 Å². The predicted molar refractivity (Wildman–Crippen MR) is 72.7 cm³/mol. The van der Waals surface area contributed by atoms with Gasteiger partial charge < -0.3 is 10.2 Å². The molecule has 5 heteroatoms. The van der Waals surface area contributed by atoms with Crippen molar-refractivity contribution in [1.82, 2.24) is 9.88 Å². The summed E-state index contributed by atoms with van der Waals surface area (Å²) in [5, 5.41) is 2.85. The number of likely N-dealkylation sites (tertiary alicyclic amines) is 1. The number of halogens is 1. The van der Waals surface area contributed by atoms with Gasteiger partial charge in [0, 0.05) is 19.1 Å². The molecule has 0 aliphatic carbocycles. The number of hydrogen-bond donors (Lipinski definition) is 1. The quantitative estimate of drug-likeness (QED) is 0.894. The lowest BCUT2D eigenvalue weighted by atomic mass is 9.96. The molecular weight excluding hydrogens is 245 g/mol. The number of aromatic nitrogens is 1. The molecule has 0 bridgehead atoms. The van der Waals surface area contributed by atoms with E-state index >= 15 is 0 Å².